The predicted molar refractivity (Wildman–Crippen MR) is 119 cm³/mol. The monoisotopic (exact) mass is 486 g/mol. The fourth-order valence-electron chi connectivity index (χ4n) is 3.12. The van der Waals surface area contributed by atoms with Gasteiger partial charge in [0, 0.05) is 4.90 Å². The fourth-order valence-corrected chi connectivity index (χ4v) is 6.10. The molecule has 1 aliphatic rings. The number of aryl methyl sites for hydroxylation is 1. The van der Waals surface area contributed by atoms with E-state index >= 15 is 0 Å². The first kappa shape index (κ1) is 20.8. The summed E-state index contributed by atoms with van der Waals surface area (Å²) in [6.45, 7) is 2.13. The Morgan fingerprint density at radius 2 is 2.00 bits per heavy atom. The zero-order chi connectivity index (χ0) is 20.9. The largest absolute Gasteiger partial charge is 0.481 e. The SMILES string of the molecule is Cc1ccc2c(c1)N(Cc1nc3c(Cl)c(Cl)cc(Cl)c3s1)C(=O)C(CC(=O)O)S2. The molecule has 1 aromatic heterocycles. The maximum Gasteiger partial charge on any atom is 0.305 e. The highest BCUT2D eigenvalue weighted by atomic mass is 35.5. The first-order valence-corrected chi connectivity index (χ1v) is 11.3. The first-order valence-electron chi connectivity index (χ1n) is 8.48. The first-order chi connectivity index (χ1) is 13.7. The second-order valence-corrected chi connectivity index (χ2v) is 10.1. The Hall–Kier alpha value is -1.51. The maximum atomic E-state index is 13.1. The van der Waals surface area contributed by atoms with Crippen molar-refractivity contribution < 1.29 is 14.7 Å². The number of carbonyl (C=O) groups is 2. The topological polar surface area (TPSA) is 70.5 Å². The molecule has 150 valence electrons. The number of anilines is 1. The minimum absolute atomic E-state index is 0.190. The van der Waals surface area contributed by atoms with Gasteiger partial charge < -0.3 is 10.0 Å². The Bertz CT molecular complexity index is 1170. The minimum Gasteiger partial charge on any atom is -0.481 e. The molecule has 2 heterocycles. The Labute approximate surface area is 189 Å². The molecule has 0 bridgehead atoms. The number of hydrogen-bond donors (Lipinski definition) is 1. The predicted octanol–water partition coefficient (Wildman–Crippen LogP) is 6.05. The van der Waals surface area contributed by atoms with Crippen molar-refractivity contribution in [2.24, 2.45) is 0 Å². The van der Waals surface area contributed by atoms with E-state index in [9.17, 15) is 14.7 Å². The third-order valence-electron chi connectivity index (χ3n) is 4.43. The average Bonchev–Trinajstić information content (AvgIpc) is 3.08. The number of aliphatic carboxylic acids is 1. The van der Waals surface area contributed by atoms with Crippen molar-refractivity contribution in [1.29, 1.82) is 0 Å². The van der Waals surface area contributed by atoms with Gasteiger partial charge in [0.05, 0.1) is 43.7 Å². The summed E-state index contributed by atoms with van der Waals surface area (Å²) in [5.74, 6) is -1.27. The molecule has 0 aliphatic carbocycles. The molecular formula is C19H13Cl3N2O3S2. The summed E-state index contributed by atoms with van der Waals surface area (Å²) in [5, 5.41) is 10.2. The van der Waals surface area contributed by atoms with Gasteiger partial charge >= 0.3 is 5.97 Å². The van der Waals surface area contributed by atoms with E-state index in [4.69, 9.17) is 34.8 Å². The lowest BCUT2D eigenvalue weighted by Gasteiger charge is -2.33. The number of rotatable bonds is 4. The van der Waals surface area contributed by atoms with Crippen molar-refractivity contribution in [2.75, 3.05) is 4.90 Å². The van der Waals surface area contributed by atoms with Crippen molar-refractivity contribution in [1.82, 2.24) is 4.98 Å². The smallest absolute Gasteiger partial charge is 0.305 e. The molecule has 1 atom stereocenters. The van der Waals surface area contributed by atoms with Crippen LogP contribution in [0.2, 0.25) is 15.1 Å². The average molecular weight is 488 g/mol. The van der Waals surface area contributed by atoms with Gasteiger partial charge in [0.25, 0.3) is 0 Å². The number of thioether (sulfide) groups is 1. The summed E-state index contributed by atoms with van der Waals surface area (Å²) in [6, 6.07) is 7.34. The number of amides is 1. The van der Waals surface area contributed by atoms with Gasteiger partial charge in [0.2, 0.25) is 5.91 Å². The number of halogens is 3. The zero-order valence-corrected chi connectivity index (χ0v) is 18.8. The summed E-state index contributed by atoms with van der Waals surface area (Å²) in [4.78, 5) is 31.3. The van der Waals surface area contributed by atoms with Gasteiger partial charge in [-0.1, -0.05) is 40.9 Å². The second kappa shape index (κ2) is 7.96. The number of carboxylic acids is 1. The minimum atomic E-state index is -1.01. The van der Waals surface area contributed by atoms with E-state index in [2.05, 4.69) is 4.98 Å². The zero-order valence-electron chi connectivity index (χ0n) is 14.9. The quantitative estimate of drug-likeness (QED) is 0.454. The van der Waals surface area contributed by atoms with Crippen molar-refractivity contribution in [3.63, 3.8) is 0 Å². The molecule has 5 nitrogen and oxygen atoms in total. The summed E-state index contributed by atoms with van der Waals surface area (Å²) < 4.78 is 0.696. The number of aromatic nitrogens is 1. The highest BCUT2D eigenvalue weighted by Crippen LogP contribution is 2.43. The normalized spacial score (nSPS) is 16.3. The summed E-state index contributed by atoms with van der Waals surface area (Å²) in [5.41, 5.74) is 2.24. The van der Waals surface area contributed by atoms with E-state index in [0.717, 1.165) is 16.1 Å². The molecular weight excluding hydrogens is 475 g/mol. The highest BCUT2D eigenvalue weighted by molar-refractivity contribution is 8.01. The Morgan fingerprint density at radius 3 is 2.72 bits per heavy atom. The number of carbonyl (C=O) groups excluding carboxylic acids is 1. The third-order valence-corrected chi connectivity index (χ3v) is 7.94. The summed E-state index contributed by atoms with van der Waals surface area (Å²) in [7, 11) is 0. The van der Waals surface area contributed by atoms with Crippen LogP contribution in [0.5, 0.6) is 0 Å². The molecule has 0 saturated heterocycles. The second-order valence-electron chi connectivity index (χ2n) is 6.54. The molecule has 1 N–H and O–H groups in total. The molecule has 0 spiro atoms. The Morgan fingerprint density at radius 1 is 1.24 bits per heavy atom. The lowest BCUT2D eigenvalue weighted by Crippen LogP contribution is -2.41. The van der Waals surface area contributed by atoms with E-state index in [1.165, 1.54) is 23.1 Å². The Kier molecular flexibility index (Phi) is 5.70. The van der Waals surface area contributed by atoms with Crippen molar-refractivity contribution in [2.45, 2.75) is 30.0 Å². The van der Waals surface area contributed by atoms with Crippen LogP contribution in [-0.4, -0.2) is 27.2 Å². The van der Waals surface area contributed by atoms with E-state index < -0.39 is 11.2 Å². The number of hydrogen-bond acceptors (Lipinski definition) is 5. The van der Waals surface area contributed by atoms with Crippen LogP contribution in [-0.2, 0) is 16.1 Å². The van der Waals surface area contributed by atoms with E-state index in [1.807, 2.05) is 25.1 Å². The number of thiazole rings is 1. The summed E-state index contributed by atoms with van der Waals surface area (Å²) in [6.07, 6.45) is -0.250. The van der Waals surface area contributed by atoms with Gasteiger partial charge in [-0.05, 0) is 30.7 Å². The molecule has 1 unspecified atom stereocenters. The number of nitrogens with zero attached hydrogens (tertiary/aromatic N) is 2. The molecule has 1 aliphatic heterocycles. The van der Waals surface area contributed by atoms with Crippen LogP contribution in [0.15, 0.2) is 29.2 Å². The van der Waals surface area contributed by atoms with Crippen LogP contribution >= 0.6 is 57.9 Å². The maximum absolute atomic E-state index is 13.1. The molecule has 1 amide bonds. The van der Waals surface area contributed by atoms with Crippen LogP contribution in [0.4, 0.5) is 5.69 Å². The molecule has 3 aromatic rings. The molecule has 10 heteroatoms. The van der Waals surface area contributed by atoms with E-state index in [-0.39, 0.29) is 18.9 Å². The lowest BCUT2D eigenvalue weighted by molar-refractivity contribution is -0.138. The van der Waals surface area contributed by atoms with Gasteiger partial charge in [-0.25, -0.2) is 4.98 Å². The standard InChI is InChI=1S/C19H13Cl3N2O3S2/c1-8-2-3-12-11(4-8)24(19(27)13(28-12)6-15(25)26)7-14-23-17-16(22)9(20)5-10(21)18(17)29-14/h2-5,13H,6-7H2,1H3,(H,25,26). The lowest BCUT2D eigenvalue weighted by atomic mass is 10.1. The van der Waals surface area contributed by atoms with E-state index in [0.29, 0.717) is 30.3 Å². The van der Waals surface area contributed by atoms with Gasteiger partial charge in [0.1, 0.15) is 10.5 Å². The van der Waals surface area contributed by atoms with Gasteiger partial charge in [0.15, 0.2) is 0 Å². The van der Waals surface area contributed by atoms with Crippen molar-refractivity contribution >= 4 is 85.7 Å². The van der Waals surface area contributed by atoms with Crippen LogP contribution in [0.25, 0.3) is 10.2 Å². The molecule has 0 fully saturated rings. The van der Waals surface area contributed by atoms with Gasteiger partial charge in [-0.15, -0.1) is 23.1 Å². The highest BCUT2D eigenvalue weighted by Gasteiger charge is 2.35. The third kappa shape index (κ3) is 3.94. The van der Waals surface area contributed by atoms with Crippen LogP contribution in [0.1, 0.15) is 17.0 Å². The van der Waals surface area contributed by atoms with Crippen LogP contribution in [0.3, 0.4) is 0 Å². The molecule has 0 radical (unpaired) electrons. The Balaban J connectivity index is 1.77. The number of benzene rings is 2. The van der Waals surface area contributed by atoms with Gasteiger partial charge in [-0.3, -0.25) is 9.59 Å². The van der Waals surface area contributed by atoms with Crippen molar-refractivity contribution in [3.8, 4) is 0 Å². The van der Waals surface area contributed by atoms with E-state index in [1.54, 1.807) is 11.0 Å². The van der Waals surface area contributed by atoms with Crippen molar-refractivity contribution in [3.05, 3.63) is 49.9 Å². The van der Waals surface area contributed by atoms with Crippen LogP contribution in [0, 0.1) is 6.92 Å². The number of carboxylic acid groups (broad SMARTS) is 1. The fraction of sp³-hybridized carbons (Fsp3) is 0.211. The molecule has 0 saturated carbocycles. The molecule has 2 aromatic carbocycles. The number of fused-ring (bicyclic) bond motifs is 2. The summed E-state index contributed by atoms with van der Waals surface area (Å²) >= 11 is 21.3. The molecule has 4 rings (SSSR count). The van der Waals surface area contributed by atoms with Crippen LogP contribution < -0.4 is 4.90 Å². The molecule has 29 heavy (non-hydrogen) atoms. The van der Waals surface area contributed by atoms with Gasteiger partial charge in [-0.2, -0.15) is 0 Å².